The molecule has 0 atom stereocenters. The van der Waals surface area contributed by atoms with Gasteiger partial charge in [0, 0.05) is 5.02 Å². The van der Waals surface area contributed by atoms with Crippen LogP contribution in [-0.4, -0.2) is 15.0 Å². The fourth-order valence-electron chi connectivity index (χ4n) is 2.31. The molecule has 0 saturated heterocycles. The summed E-state index contributed by atoms with van der Waals surface area (Å²) in [5.41, 5.74) is 2.59. The smallest absolute Gasteiger partial charge is 0.342 e. The molecule has 0 saturated carbocycles. The lowest BCUT2D eigenvalue weighted by molar-refractivity contribution is 0.308. The quantitative estimate of drug-likeness (QED) is 0.686. The highest BCUT2D eigenvalue weighted by Gasteiger charge is 2.24. The van der Waals surface area contributed by atoms with Gasteiger partial charge in [-0.1, -0.05) is 24.6 Å². The lowest BCUT2D eigenvalue weighted by Gasteiger charge is -2.14. The molecule has 0 heterocycles. The minimum atomic E-state index is -4.06. The molecule has 2 aromatic rings. The molecular formula is C18H21ClO4S. The van der Waals surface area contributed by atoms with E-state index in [1.807, 2.05) is 26.8 Å². The summed E-state index contributed by atoms with van der Waals surface area (Å²) in [7, 11) is -4.06. The maximum Gasteiger partial charge on any atom is 0.342 e. The minimum Gasteiger partial charge on any atom is -0.492 e. The van der Waals surface area contributed by atoms with Crippen LogP contribution in [0.2, 0.25) is 5.02 Å². The SMILES string of the molecule is CCCOc1cc(C)c(Cl)cc1S(=O)(=O)Oc1cc(C)cc(C)c1. The van der Waals surface area contributed by atoms with E-state index in [4.69, 9.17) is 20.5 Å². The Morgan fingerprint density at radius 3 is 2.21 bits per heavy atom. The van der Waals surface area contributed by atoms with Crippen LogP contribution in [0.1, 0.15) is 30.0 Å². The minimum absolute atomic E-state index is 0.0642. The maximum absolute atomic E-state index is 12.7. The van der Waals surface area contributed by atoms with Crippen LogP contribution in [0.5, 0.6) is 11.5 Å². The van der Waals surface area contributed by atoms with Crippen molar-refractivity contribution in [1.29, 1.82) is 0 Å². The summed E-state index contributed by atoms with van der Waals surface area (Å²) in [4.78, 5) is -0.0642. The van der Waals surface area contributed by atoms with Crippen molar-refractivity contribution in [3.8, 4) is 11.5 Å². The second-order valence-corrected chi connectivity index (χ2v) is 7.68. The first-order valence-corrected chi connectivity index (χ1v) is 9.47. The Morgan fingerprint density at radius 1 is 1.00 bits per heavy atom. The van der Waals surface area contributed by atoms with E-state index >= 15 is 0 Å². The topological polar surface area (TPSA) is 52.6 Å². The van der Waals surface area contributed by atoms with E-state index in [0.717, 1.165) is 23.1 Å². The molecule has 0 radical (unpaired) electrons. The Kier molecular flexibility index (Phi) is 5.78. The Hall–Kier alpha value is -1.72. The summed E-state index contributed by atoms with van der Waals surface area (Å²) in [5.74, 6) is 0.522. The highest BCUT2D eigenvalue weighted by Crippen LogP contribution is 2.32. The summed E-state index contributed by atoms with van der Waals surface area (Å²) < 4.78 is 36.3. The second kappa shape index (κ2) is 7.45. The van der Waals surface area contributed by atoms with E-state index in [1.165, 1.54) is 6.07 Å². The predicted octanol–water partition coefficient (Wildman–Crippen LogP) is 4.82. The van der Waals surface area contributed by atoms with Gasteiger partial charge >= 0.3 is 10.1 Å². The highest BCUT2D eigenvalue weighted by molar-refractivity contribution is 7.87. The van der Waals surface area contributed by atoms with Crippen LogP contribution in [0.15, 0.2) is 35.2 Å². The van der Waals surface area contributed by atoms with Gasteiger partial charge in [0.2, 0.25) is 0 Å². The van der Waals surface area contributed by atoms with Crippen molar-refractivity contribution in [2.24, 2.45) is 0 Å². The van der Waals surface area contributed by atoms with Gasteiger partial charge in [0.05, 0.1) is 6.61 Å². The van der Waals surface area contributed by atoms with E-state index < -0.39 is 10.1 Å². The third-order valence-electron chi connectivity index (χ3n) is 3.36. The molecule has 0 aliphatic rings. The average molecular weight is 369 g/mol. The molecule has 0 unspecified atom stereocenters. The number of ether oxygens (including phenoxy) is 1. The van der Waals surface area contributed by atoms with E-state index in [1.54, 1.807) is 25.1 Å². The van der Waals surface area contributed by atoms with Crippen molar-refractivity contribution in [1.82, 2.24) is 0 Å². The van der Waals surface area contributed by atoms with Crippen LogP contribution in [0.3, 0.4) is 0 Å². The van der Waals surface area contributed by atoms with Crippen LogP contribution in [0, 0.1) is 20.8 Å². The van der Waals surface area contributed by atoms with Gasteiger partial charge < -0.3 is 8.92 Å². The van der Waals surface area contributed by atoms with Gasteiger partial charge in [-0.3, -0.25) is 0 Å². The van der Waals surface area contributed by atoms with Gasteiger partial charge in [0.25, 0.3) is 0 Å². The first-order chi connectivity index (χ1) is 11.2. The fourth-order valence-corrected chi connectivity index (χ4v) is 3.60. The molecule has 6 heteroatoms. The number of hydrogen-bond acceptors (Lipinski definition) is 4. The zero-order valence-corrected chi connectivity index (χ0v) is 15.8. The largest absolute Gasteiger partial charge is 0.492 e. The summed E-state index contributed by atoms with van der Waals surface area (Å²) in [6.07, 6.45) is 0.763. The Morgan fingerprint density at radius 2 is 1.62 bits per heavy atom. The molecule has 0 amide bonds. The monoisotopic (exact) mass is 368 g/mol. The van der Waals surface area contributed by atoms with E-state index in [-0.39, 0.29) is 16.4 Å². The lowest BCUT2D eigenvalue weighted by atomic mass is 10.1. The lowest BCUT2D eigenvalue weighted by Crippen LogP contribution is -2.12. The van der Waals surface area contributed by atoms with Crippen LogP contribution in [-0.2, 0) is 10.1 Å². The van der Waals surface area contributed by atoms with E-state index in [0.29, 0.717) is 11.6 Å². The molecular weight excluding hydrogens is 348 g/mol. The van der Waals surface area contributed by atoms with Crippen molar-refractivity contribution < 1.29 is 17.3 Å². The number of aryl methyl sites for hydroxylation is 3. The van der Waals surface area contributed by atoms with Gasteiger partial charge in [-0.05, 0) is 68.1 Å². The van der Waals surface area contributed by atoms with Crippen LogP contribution >= 0.6 is 11.6 Å². The summed E-state index contributed by atoms with van der Waals surface area (Å²) in [6, 6.07) is 8.29. The molecule has 130 valence electrons. The third-order valence-corrected chi connectivity index (χ3v) is 5.03. The van der Waals surface area contributed by atoms with Gasteiger partial charge in [0.15, 0.2) is 0 Å². The van der Waals surface area contributed by atoms with E-state index in [9.17, 15) is 8.42 Å². The molecule has 0 N–H and O–H groups in total. The molecule has 0 fully saturated rings. The zero-order valence-electron chi connectivity index (χ0n) is 14.2. The number of hydrogen-bond donors (Lipinski definition) is 0. The van der Waals surface area contributed by atoms with Crippen molar-refractivity contribution in [3.63, 3.8) is 0 Å². The van der Waals surface area contributed by atoms with E-state index in [2.05, 4.69) is 0 Å². The van der Waals surface area contributed by atoms with Crippen LogP contribution in [0.4, 0.5) is 0 Å². The van der Waals surface area contributed by atoms with Crippen molar-refractivity contribution in [3.05, 3.63) is 52.0 Å². The van der Waals surface area contributed by atoms with Gasteiger partial charge in [0.1, 0.15) is 16.4 Å². The molecule has 0 aromatic heterocycles. The molecule has 2 aromatic carbocycles. The second-order valence-electron chi connectivity index (χ2n) is 5.76. The maximum atomic E-state index is 12.7. The standard InChI is InChI=1S/C18H21ClO4S/c1-5-6-22-17-10-14(4)16(19)11-18(17)24(20,21)23-15-8-12(2)7-13(3)9-15/h7-11H,5-6H2,1-4H3. The molecule has 0 aliphatic heterocycles. The predicted molar refractivity (Wildman–Crippen MR) is 95.7 cm³/mol. The van der Waals surface area contributed by atoms with Crippen molar-refractivity contribution in [2.45, 2.75) is 39.0 Å². The Labute approximate surface area is 148 Å². The summed E-state index contributed by atoms with van der Waals surface area (Å²) in [6.45, 7) is 7.91. The van der Waals surface area contributed by atoms with Crippen LogP contribution in [0.25, 0.3) is 0 Å². The first kappa shape index (κ1) is 18.6. The van der Waals surface area contributed by atoms with Gasteiger partial charge in [-0.25, -0.2) is 0 Å². The molecule has 24 heavy (non-hydrogen) atoms. The molecule has 0 bridgehead atoms. The number of benzene rings is 2. The first-order valence-electron chi connectivity index (χ1n) is 7.68. The number of rotatable bonds is 6. The third kappa shape index (κ3) is 4.42. The molecule has 0 spiro atoms. The van der Waals surface area contributed by atoms with Crippen molar-refractivity contribution in [2.75, 3.05) is 6.61 Å². The highest BCUT2D eigenvalue weighted by atomic mass is 35.5. The molecule has 2 rings (SSSR count). The number of halogens is 1. The van der Waals surface area contributed by atoms with Gasteiger partial charge in [-0.15, -0.1) is 0 Å². The Bertz CT molecular complexity index is 824. The fraction of sp³-hybridized carbons (Fsp3) is 0.333. The van der Waals surface area contributed by atoms with Gasteiger partial charge in [-0.2, -0.15) is 8.42 Å². The van der Waals surface area contributed by atoms with Crippen molar-refractivity contribution >= 4 is 21.7 Å². The van der Waals surface area contributed by atoms with Crippen LogP contribution < -0.4 is 8.92 Å². The average Bonchev–Trinajstić information content (AvgIpc) is 2.46. The summed E-state index contributed by atoms with van der Waals surface area (Å²) in [5, 5.41) is 0.349. The Balaban J connectivity index is 2.45. The zero-order chi connectivity index (χ0) is 17.9. The molecule has 4 nitrogen and oxygen atoms in total. The normalized spacial score (nSPS) is 11.4. The summed E-state index contributed by atoms with van der Waals surface area (Å²) >= 11 is 6.10. The molecule has 0 aliphatic carbocycles.